The van der Waals surface area contributed by atoms with E-state index in [2.05, 4.69) is 52.0 Å². The van der Waals surface area contributed by atoms with E-state index in [9.17, 15) is 9.59 Å². The molecule has 6 nitrogen and oxygen atoms in total. The van der Waals surface area contributed by atoms with E-state index in [1.165, 1.54) is 16.4 Å². The number of para-hydroxylation sites is 1. The summed E-state index contributed by atoms with van der Waals surface area (Å²) in [4.78, 5) is 27.9. The van der Waals surface area contributed by atoms with Crippen LogP contribution >= 0.6 is 0 Å². The molecule has 0 spiro atoms. The number of carbonyl (C=O) groups is 2. The van der Waals surface area contributed by atoms with E-state index in [-0.39, 0.29) is 11.8 Å². The maximum absolute atomic E-state index is 12.5. The van der Waals surface area contributed by atoms with E-state index >= 15 is 0 Å². The number of hydrogen-bond donors (Lipinski definition) is 1. The van der Waals surface area contributed by atoms with Gasteiger partial charge in [-0.15, -0.1) is 0 Å². The number of nitrogens with zero attached hydrogens (tertiary/aromatic N) is 3. The third-order valence-electron chi connectivity index (χ3n) is 5.56. The van der Waals surface area contributed by atoms with Crippen molar-refractivity contribution in [2.24, 2.45) is 0 Å². The summed E-state index contributed by atoms with van der Waals surface area (Å²) in [5, 5.41) is 5.40. The molecule has 0 radical (unpaired) electrons. The molecule has 0 atom stereocenters. The average molecular weight is 378 g/mol. The summed E-state index contributed by atoms with van der Waals surface area (Å²) in [6, 6.07) is 14.5. The lowest BCUT2D eigenvalue weighted by atomic mass is 10.1. The van der Waals surface area contributed by atoms with Gasteiger partial charge in [-0.05, 0) is 31.2 Å². The largest absolute Gasteiger partial charge is 0.341 e. The summed E-state index contributed by atoms with van der Waals surface area (Å²) < 4.78 is 2.30. The minimum atomic E-state index is -0.0187. The van der Waals surface area contributed by atoms with E-state index in [0.717, 1.165) is 30.7 Å². The number of aromatic nitrogens is 1. The van der Waals surface area contributed by atoms with Crippen LogP contribution in [-0.2, 0) is 16.1 Å². The van der Waals surface area contributed by atoms with Gasteiger partial charge in [0.2, 0.25) is 11.8 Å². The lowest BCUT2D eigenvalue weighted by Crippen LogP contribution is -2.49. The van der Waals surface area contributed by atoms with Gasteiger partial charge in [0.1, 0.15) is 0 Å². The van der Waals surface area contributed by atoms with Gasteiger partial charge in [-0.2, -0.15) is 0 Å². The first kappa shape index (κ1) is 18.5. The zero-order valence-corrected chi connectivity index (χ0v) is 16.4. The van der Waals surface area contributed by atoms with E-state index < -0.39 is 0 Å². The van der Waals surface area contributed by atoms with Crippen LogP contribution in [0.2, 0.25) is 0 Å². The Labute approximate surface area is 164 Å². The molecule has 0 unspecified atom stereocenters. The van der Waals surface area contributed by atoms with Crippen LogP contribution in [0.3, 0.4) is 0 Å². The molecule has 0 saturated carbocycles. The topological polar surface area (TPSA) is 57.6 Å². The molecule has 1 aromatic heterocycles. The van der Waals surface area contributed by atoms with Crippen molar-refractivity contribution in [1.82, 2.24) is 14.4 Å². The van der Waals surface area contributed by atoms with Gasteiger partial charge in [0.15, 0.2) is 0 Å². The van der Waals surface area contributed by atoms with Crippen LogP contribution in [0, 0.1) is 0 Å². The maximum atomic E-state index is 12.5. The molecule has 146 valence electrons. The van der Waals surface area contributed by atoms with E-state index in [1.54, 1.807) is 6.92 Å². The Hall–Kier alpha value is -2.86. The van der Waals surface area contributed by atoms with Gasteiger partial charge in [-0.3, -0.25) is 14.5 Å². The van der Waals surface area contributed by atoms with E-state index in [1.807, 2.05) is 17.0 Å². The number of rotatable bonds is 4. The molecule has 2 heterocycles. The predicted molar refractivity (Wildman–Crippen MR) is 112 cm³/mol. The smallest absolute Gasteiger partial charge is 0.238 e. The fraction of sp³-hybridized carbons (Fsp3) is 0.364. The SMILES string of the molecule is CCn1c2ccccc2c2cc(NC(=O)CN3CCN(C(C)=O)CC3)ccc21. The van der Waals surface area contributed by atoms with Crippen LogP contribution in [0.25, 0.3) is 21.8 Å². The number of nitrogens with one attached hydrogen (secondary N) is 1. The van der Waals surface area contributed by atoms with Crippen molar-refractivity contribution in [3.63, 3.8) is 0 Å². The summed E-state index contributed by atoms with van der Waals surface area (Å²) in [6.45, 7) is 7.83. The van der Waals surface area contributed by atoms with Gasteiger partial charge < -0.3 is 14.8 Å². The molecule has 1 aliphatic heterocycles. The second-order valence-corrected chi connectivity index (χ2v) is 7.32. The fourth-order valence-corrected chi connectivity index (χ4v) is 4.10. The highest BCUT2D eigenvalue weighted by atomic mass is 16.2. The first-order valence-corrected chi connectivity index (χ1v) is 9.85. The molecule has 1 saturated heterocycles. The van der Waals surface area contributed by atoms with Gasteiger partial charge in [0.05, 0.1) is 6.54 Å². The van der Waals surface area contributed by atoms with E-state index in [4.69, 9.17) is 0 Å². The van der Waals surface area contributed by atoms with Gasteiger partial charge in [0.25, 0.3) is 0 Å². The zero-order chi connectivity index (χ0) is 19.7. The van der Waals surface area contributed by atoms with Crippen LogP contribution in [0.4, 0.5) is 5.69 Å². The molecule has 6 heteroatoms. The zero-order valence-electron chi connectivity index (χ0n) is 16.4. The van der Waals surface area contributed by atoms with Crippen molar-refractivity contribution in [3.8, 4) is 0 Å². The first-order valence-electron chi connectivity index (χ1n) is 9.85. The monoisotopic (exact) mass is 378 g/mol. The molecule has 4 rings (SSSR count). The molecule has 3 aromatic rings. The molecular formula is C22H26N4O2. The molecule has 0 aliphatic carbocycles. The lowest BCUT2D eigenvalue weighted by molar-refractivity contribution is -0.130. The molecule has 2 aromatic carbocycles. The third kappa shape index (κ3) is 3.47. The minimum absolute atomic E-state index is 0.0187. The Morgan fingerprint density at radius 1 is 0.964 bits per heavy atom. The number of aryl methyl sites for hydroxylation is 1. The number of carbonyl (C=O) groups excluding carboxylic acids is 2. The van der Waals surface area contributed by atoms with Crippen molar-refractivity contribution >= 4 is 39.3 Å². The molecule has 0 bridgehead atoms. The number of hydrogen-bond acceptors (Lipinski definition) is 3. The number of fused-ring (bicyclic) bond motifs is 3. The average Bonchev–Trinajstić information content (AvgIpc) is 3.01. The van der Waals surface area contributed by atoms with Gasteiger partial charge in [-0.25, -0.2) is 0 Å². The summed E-state index contributed by atoms with van der Waals surface area (Å²) in [5.74, 6) is 0.0819. The van der Waals surface area contributed by atoms with Crippen LogP contribution in [-0.4, -0.2) is 58.9 Å². The maximum Gasteiger partial charge on any atom is 0.238 e. The Morgan fingerprint density at radius 3 is 2.39 bits per heavy atom. The van der Waals surface area contributed by atoms with Crippen molar-refractivity contribution < 1.29 is 9.59 Å². The highest BCUT2D eigenvalue weighted by Gasteiger charge is 2.20. The highest BCUT2D eigenvalue weighted by Crippen LogP contribution is 2.30. The van der Waals surface area contributed by atoms with Crippen molar-refractivity contribution in [2.45, 2.75) is 20.4 Å². The summed E-state index contributed by atoms with van der Waals surface area (Å²) >= 11 is 0. The Bertz CT molecular complexity index is 1030. The van der Waals surface area contributed by atoms with Crippen molar-refractivity contribution in [1.29, 1.82) is 0 Å². The second-order valence-electron chi connectivity index (χ2n) is 7.32. The molecule has 2 amide bonds. The molecule has 1 aliphatic rings. The Morgan fingerprint density at radius 2 is 1.68 bits per heavy atom. The van der Waals surface area contributed by atoms with Crippen LogP contribution in [0.1, 0.15) is 13.8 Å². The normalized spacial score (nSPS) is 15.3. The molecule has 1 N–H and O–H groups in total. The van der Waals surface area contributed by atoms with Gasteiger partial charge >= 0.3 is 0 Å². The number of benzene rings is 2. The Balaban J connectivity index is 1.48. The number of amides is 2. The molecule has 1 fully saturated rings. The Kier molecular flexibility index (Phi) is 5.05. The van der Waals surface area contributed by atoms with Crippen LogP contribution < -0.4 is 5.32 Å². The number of piperazine rings is 1. The first-order chi connectivity index (χ1) is 13.6. The summed E-state index contributed by atoms with van der Waals surface area (Å²) in [6.07, 6.45) is 0. The van der Waals surface area contributed by atoms with Crippen molar-refractivity contribution in [2.75, 3.05) is 38.0 Å². The molecule has 28 heavy (non-hydrogen) atoms. The minimum Gasteiger partial charge on any atom is -0.341 e. The lowest BCUT2D eigenvalue weighted by Gasteiger charge is -2.33. The van der Waals surface area contributed by atoms with Crippen LogP contribution in [0.5, 0.6) is 0 Å². The third-order valence-corrected chi connectivity index (χ3v) is 5.56. The predicted octanol–water partition coefficient (Wildman–Crippen LogP) is 2.92. The van der Waals surface area contributed by atoms with Crippen LogP contribution in [0.15, 0.2) is 42.5 Å². The van der Waals surface area contributed by atoms with Crippen molar-refractivity contribution in [3.05, 3.63) is 42.5 Å². The summed E-state index contributed by atoms with van der Waals surface area (Å²) in [5.41, 5.74) is 3.22. The van der Waals surface area contributed by atoms with Gasteiger partial charge in [0, 0.05) is 67.1 Å². The quantitative estimate of drug-likeness (QED) is 0.759. The van der Waals surface area contributed by atoms with E-state index in [0.29, 0.717) is 19.6 Å². The fourth-order valence-electron chi connectivity index (χ4n) is 4.10. The summed E-state index contributed by atoms with van der Waals surface area (Å²) in [7, 11) is 0. The molecular weight excluding hydrogens is 352 g/mol. The highest BCUT2D eigenvalue weighted by molar-refractivity contribution is 6.09. The second kappa shape index (κ2) is 7.64. The number of anilines is 1. The van der Waals surface area contributed by atoms with Gasteiger partial charge in [-0.1, -0.05) is 18.2 Å². The standard InChI is InChI=1S/C22H26N4O2/c1-3-26-20-7-5-4-6-18(20)19-14-17(8-9-21(19)26)23-22(28)15-24-10-12-25(13-11-24)16(2)27/h4-9,14H,3,10-13,15H2,1-2H3,(H,23,28).